The van der Waals surface area contributed by atoms with E-state index in [4.69, 9.17) is 5.26 Å². The van der Waals surface area contributed by atoms with Crippen LogP contribution in [-0.2, 0) is 0 Å². The maximum absolute atomic E-state index is 9.06. The van der Waals surface area contributed by atoms with Crippen molar-refractivity contribution in [1.29, 1.82) is 5.26 Å². The number of piperidine rings is 1. The fourth-order valence-electron chi connectivity index (χ4n) is 3.22. The SMILES string of the molecule is Cc1c(-c2ccn3c(C#N)cnc3c2)nnn1C1CCNCC1. The maximum atomic E-state index is 9.06. The second kappa shape index (κ2) is 5.48. The van der Waals surface area contributed by atoms with Crippen molar-refractivity contribution in [3.8, 4) is 17.3 Å². The van der Waals surface area contributed by atoms with Crippen LogP contribution >= 0.6 is 0 Å². The molecule has 0 aliphatic carbocycles. The summed E-state index contributed by atoms with van der Waals surface area (Å²) < 4.78 is 3.82. The van der Waals surface area contributed by atoms with E-state index in [0.717, 1.165) is 48.5 Å². The van der Waals surface area contributed by atoms with Gasteiger partial charge in [0.1, 0.15) is 23.1 Å². The Hall–Kier alpha value is -2.72. The van der Waals surface area contributed by atoms with Crippen LogP contribution in [0.1, 0.15) is 30.3 Å². The lowest BCUT2D eigenvalue weighted by atomic mass is 10.1. The molecule has 3 aromatic heterocycles. The average Bonchev–Trinajstić information content (AvgIpc) is 3.18. The van der Waals surface area contributed by atoms with Crippen molar-refractivity contribution < 1.29 is 0 Å². The van der Waals surface area contributed by atoms with E-state index in [1.54, 1.807) is 10.6 Å². The van der Waals surface area contributed by atoms with E-state index >= 15 is 0 Å². The largest absolute Gasteiger partial charge is 0.317 e. The number of nitrogens with one attached hydrogen (secondary N) is 1. The highest BCUT2D eigenvalue weighted by Crippen LogP contribution is 2.26. The molecule has 7 heteroatoms. The number of aromatic nitrogens is 5. The zero-order valence-corrected chi connectivity index (χ0v) is 12.9. The molecule has 0 atom stereocenters. The lowest BCUT2D eigenvalue weighted by Crippen LogP contribution is -2.30. The third kappa shape index (κ3) is 2.28. The van der Waals surface area contributed by atoms with Gasteiger partial charge in [0.2, 0.25) is 0 Å². The zero-order valence-electron chi connectivity index (χ0n) is 12.9. The van der Waals surface area contributed by atoms with Gasteiger partial charge in [0.15, 0.2) is 0 Å². The van der Waals surface area contributed by atoms with Crippen molar-refractivity contribution >= 4 is 5.65 Å². The van der Waals surface area contributed by atoms with E-state index in [1.165, 1.54) is 0 Å². The highest BCUT2D eigenvalue weighted by Gasteiger charge is 2.20. The summed E-state index contributed by atoms with van der Waals surface area (Å²) in [4.78, 5) is 4.28. The molecule has 7 nitrogen and oxygen atoms in total. The number of hydrogen-bond donors (Lipinski definition) is 1. The molecule has 0 spiro atoms. The van der Waals surface area contributed by atoms with Crippen molar-refractivity contribution in [2.24, 2.45) is 0 Å². The summed E-state index contributed by atoms with van der Waals surface area (Å²) in [6, 6.07) is 6.45. The van der Waals surface area contributed by atoms with Crippen LogP contribution < -0.4 is 5.32 Å². The summed E-state index contributed by atoms with van der Waals surface area (Å²) in [6.07, 6.45) is 5.60. The van der Waals surface area contributed by atoms with Crippen molar-refractivity contribution in [1.82, 2.24) is 29.7 Å². The fourth-order valence-corrected chi connectivity index (χ4v) is 3.22. The van der Waals surface area contributed by atoms with Gasteiger partial charge in [-0.2, -0.15) is 5.26 Å². The number of rotatable bonds is 2. The van der Waals surface area contributed by atoms with E-state index in [0.29, 0.717) is 11.7 Å². The molecular weight excluding hydrogens is 290 g/mol. The van der Waals surface area contributed by atoms with E-state index < -0.39 is 0 Å². The quantitative estimate of drug-likeness (QED) is 0.779. The third-order valence-corrected chi connectivity index (χ3v) is 4.48. The second-order valence-corrected chi connectivity index (χ2v) is 5.85. The highest BCUT2D eigenvalue weighted by molar-refractivity contribution is 5.66. The van der Waals surface area contributed by atoms with Gasteiger partial charge in [0.05, 0.1) is 17.9 Å². The number of nitrogens with zero attached hydrogens (tertiary/aromatic N) is 6. The Kier molecular flexibility index (Phi) is 3.32. The molecule has 0 radical (unpaired) electrons. The molecule has 0 saturated carbocycles. The third-order valence-electron chi connectivity index (χ3n) is 4.48. The number of pyridine rings is 1. The Morgan fingerprint density at radius 1 is 1.35 bits per heavy atom. The Morgan fingerprint density at radius 3 is 2.96 bits per heavy atom. The summed E-state index contributed by atoms with van der Waals surface area (Å²) in [7, 11) is 0. The molecule has 0 aromatic carbocycles. The average molecular weight is 307 g/mol. The molecule has 0 unspecified atom stereocenters. The first-order chi connectivity index (χ1) is 11.3. The zero-order chi connectivity index (χ0) is 15.8. The molecule has 1 N–H and O–H groups in total. The van der Waals surface area contributed by atoms with Gasteiger partial charge < -0.3 is 5.32 Å². The lowest BCUT2D eigenvalue weighted by molar-refractivity contribution is 0.333. The molecule has 0 amide bonds. The Labute approximate surface area is 133 Å². The molecular formula is C16H17N7. The van der Waals surface area contributed by atoms with Crippen LogP contribution in [0.3, 0.4) is 0 Å². The summed E-state index contributed by atoms with van der Waals surface area (Å²) in [5.74, 6) is 0. The summed E-state index contributed by atoms with van der Waals surface area (Å²) in [5, 5.41) is 21.2. The molecule has 3 aromatic rings. The smallest absolute Gasteiger partial charge is 0.144 e. The van der Waals surface area contributed by atoms with E-state index in [9.17, 15) is 0 Å². The van der Waals surface area contributed by atoms with Gasteiger partial charge in [-0.25, -0.2) is 9.67 Å². The molecule has 1 saturated heterocycles. The monoisotopic (exact) mass is 307 g/mol. The molecule has 0 bridgehead atoms. The normalized spacial score (nSPS) is 15.8. The Morgan fingerprint density at radius 2 is 2.17 bits per heavy atom. The predicted molar refractivity (Wildman–Crippen MR) is 84.8 cm³/mol. The van der Waals surface area contributed by atoms with Gasteiger partial charge >= 0.3 is 0 Å². The van der Waals surface area contributed by atoms with Gasteiger partial charge in [0.25, 0.3) is 0 Å². The molecule has 23 heavy (non-hydrogen) atoms. The molecule has 116 valence electrons. The Bertz CT molecular complexity index is 893. The van der Waals surface area contributed by atoms with Crippen LogP contribution in [0.2, 0.25) is 0 Å². The molecule has 1 aliphatic rings. The minimum absolute atomic E-state index is 0.415. The molecule has 4 heterocycles. The van der Waals surface area contributed by atoms with Gasteiger partial charge in [-0.15, -0.1) is 5.10 Å². The minimum Gasteiger partial charge on any atom is -0.317 e. The van der Waals surface area contributed by atoms with Crippen molar-refractivity contribution in [2.75, 3.05) is 13.1 Å². The number of fused-ring (bicyclic) bond motifs is 1. The van der Waals surface area contributed by atoms with Crippen LogP contribution in [0.25, 0.3) is 16.9 Å². The second-order valence-electron chi connectivity index (χ2n) is 5.85. The van der Waals surface area contributed by atoms with Crippen molar-refractivity contribution in [3.05, 3.63) is 35.9 Å². The van der Waals surface area contributed by atoms with Crippen molar-refractivity contribution in [3.63, 3.8) is 0 Å². The van der Waals surface area contributed by atoms with Gasteiger partial charge in [0, 0.05) is 11.8 Å². The number of nitriles is 1. The maximum Gasteiger partial charge on any atom is 0.144 e. The first kappa shape index (κ1) is 13.9. The lowest BCUT2D eigenvalue weighted by Gasteiger charge is -2.23. The van der Waals surface area contributed by atoms with Crippen LogP contribution in [0.15, 0.2) is 24.5 Å². The first-order valence-corrected chi connectivity index (χ1v) is 7.78. The summed E-state index contributed by atoms with van der Waals surface area (Å²) in [5.41, 5.74) is 4.21. The van der Waals surface area contributed by atoms with E-state index in [1.807, 2.05) is 23.0 Å². The topological polar surface area (TPSA) is 83.8 Å². The molecule has 1 aliphatic heterocycles. The summed E-state index contributed by atoms with van der Waals surface area (Å²) >= 11 is 0. The molecule has 4 rings (SSSR count). The van der Waals surface area contributed by atoms with Gasteiger partial charge in [-0.05, 0) is 45.0 Å². The predicted octanol–water partition coefficient (Wildman–Crippen LogP) is 1.70. The standard InChI is InChI=1S/C16H17N7/c1-11-16(20-21-23(11)13-2-5-18-6-3-13)12-4-7-22-14(9-17)10-19-15(22)8-12/h4,7-8,10,13,18H,2-3,5-6H2,1H3. The van der Waals surface area contributed by atoms with Crippen LogP contribution in [0.5, 0.6) is 0 Å². The Balaban J connectivity index is 1.73. The highest BCUT2D eigenvalue weighted by atomic mass is 15.4. The van der Waals surface area contributed by atoms with Gasteiger partial charge in [-0.3, -0.25) is 4.40 Å². The van der Waals surface area contributed by atoms with Crippen molar-refractivity contribution in [2.45, 2.75) is 25.8 Å². The fraction of sp³-hybridized carbons (Fsp3) is 0.375. The van der Waals surface area contributed by atoms with Crippen LogP contribution in [0, 0.1) is 18.3 Å². The summed E-state index contributed by atoms with van der Waals surface area (Å²) in [6.45, 7) is 4.11. The first-order valence-electron chi connectivity index (χ1n) is 7.78. The van der Waals surface area contributed by atoms with Crippen LogP contribution in [0.4, 0.5) is 0 Å². The van der Waals surface area contributed by atoms with Crippen LogP contribution in [-0.4, -0.2) is 37.5 Å². The molecule has 1 fully saturated rings. The van der Waals surface area contributed by atoms with Gasteiger partial charge in [-0.1, -0.05) is 5.21 Å². The van der Waals surface area contributed by atoms with E-state index in [2.05, 4.69) is 33.6 Å². The van der Waals surface area contributed by atoms with E-state index in [-0.39, 0.29) is 0 Å². The number of imidazole rings is 1. The number of hydrogen-bond acceptors (Lipinski definition) is 5. The minimum atomic E-state index is 0.415.